The van der Waals surface area contributed by atoms with Gasteiger partial charge in [-0.2, -0.15) is 0 Å². The Labute approximate surface area is 179 Å². The van der Waals surface area contributed by atoms with Gasteiger partial charge in [-0.15, -0.1) is 0 Å². The lowest BCUT2D eigenvalue weighted by Crippen LogP contribution is -2.56. The van der Waals surface area contributed by atoms with E-state index in [4.69, 9.17) is 10.2 Å². The van der Waals surface area contributed by atoms with Gasteiger partial charge in [-0.25, -0.2) is 10.2 Å². The number of carbonyl (C=O) groups excluding carboxylic acids is 1. The summed E-state index contributed by atoms with van der Waals surface area (Å²) in [7, 11) is -6.35. The average molecular weight is 459 g/mol. The first-order chi connectivity index (χ1) is 12.2. The number of Topliss-reactive ketones (excluding diaryl/α,β-unsaturated/α-hetero) is 1. The summed E-state index contributed by atoms with van der Waals surface area (Å²) >= 11 is 0. The molecule has 0 aliphatic heterocycles. The second-order valence-electron chi connectivity index (χ2n) is 11.9. The Balaban J connectivity index is 6.04. The van der Waals surface area contributed by atoms with Crippen molar-refractivity contribution in [2.24, 2.45) is 10.2 Å². The van der Waals surface area contributed by atoms with E-state index in [0.717, 1.165) is 11.4 Å². The molecule has 5 nitrogen and oxygen atoms in total. The van der Waals surface area contributed by atoms with Crippen LogP contribution >= 0.6 is 0 Å². The van der Waals surface area contributed by atoms with E-state index in [1.807, 2.05) is 0 Å². The maximum absolute atomic E-state index is 11.9. The molecule has 0 atom stereocenters. The van der Waals surface area contributed by atoms with E-state index in [9.17, 15) is 4.79 Å². The van der Waals surface area contributed by atoms with Gasteiger partial charge < -0.3 is 8.68 Å². The van der Waals surface area contributed by atoms with Gasteiger partial charge >= 0.3 is 0 Å². The fraction of sp³-hybridized carbons (Fsp3) is 0.842. The van der Waals surface area contributed by atoms with Gasteiger partial charge in [-0.05, 0) is 13.8 Å². The standard InChI is InChI=1S/C19H46N4OSi4/c1-17(20-22(25(3,4)5)26(6,7)8)15-19(16-18(2)24)21-23(27(9,10)11)28(12,13)14/h15-16H2,1-14H3. The van der Waals surface area contributed by atoms with E-state index in [2.05, 4.69) is 94.2 Å². The van der Waals surface area contributed by atoms with Crippen LogP contribution in [-0.2, 0) is 4.79 Å². The molecule has 0 rings (SSSR count). The zero-order valence-corrected chi connectivity index (χ0v) is 25.1. The molecule has 9 heteroatoms. The number of hydrazone groups is 2. The SMILES string of the molecule is CC(=O)CC(CC(C)=NN([Si](C)(C)C)[Si](C)(C)C)=NN([Si](C)(C)C)[Si](C)(C)C. The van der Waals surface area contributed by atoms with Gasteiger partial charge in [-0.1, -0.05) is 78.6 Å². The van der Waals surface area contributed by atoms with Crippen LogP contribution in [-0.4, -0.2) is 58.8 Å². The summed E-state index contributed by atoms with van der Waals surface area (Å²) in [4.78, 5) is 11.9. The number of nitrogens with zero attached hydrogens (tertiary/aromatic N) is 4. The molecule has 0 radical (unpaired) electrons. The molecule has 164 valence electrons. The second-order valence-corrected chi connectivity index (χ2v) is 31.8. The summed E-state index contributed by atoms with van der Waals surface area (Å²) in [5.41, 5.74) is 2.03. The molecule has 0 aromatic heterocycles. The molecule has 0 aromatic rings. The molecule has 0 aliphatic rings. The minimum Gasteiger partial charge on any atom is -0.350 e. The van der Waals surface area contributed by atoms with Crippen molar-refractivity contribution in [1.82, 2.24) is 8.68 Å². The first-order valence-corrected chi connectivity index (χ1v) is 24.1. The number of ketones is 1. The summed E-state index contributed by atoms with van der Waals surface area (Å²) in [6, 6.07) is 0. The Bertz CT molecular complexity index is 577. The minimum absolute atomic E-state index is 0.171. The first-order valence-electron chi connectivity index (χ1n) is 10.4. The van der Waals surface area contributed by atoms with Crippen LogP contribution in [0, 0.1) is 0 Å². The predicted molar refractivity (Wildman–Crippen MR) is 138 cm³/mol. The lowest BCUT2D eigenvalue weighted by molar-refractivity contribution is -0.115. The Morgan fingerprint density at radius 1 is 0.607 bits per heavy atom. The number of carbonyl (C=O) groups is 1. The summed E-state index contributed by atoms with van der Waals surface area (Å²) in [6.07, 6.45) is 1.09. The number of rotatable bonds is 10. The molecule has 0 aromatic carbocycles. The maximum Gasteiger partial charge on any atom is 0.158 e. The van der Waals surface area contributed by atoms with E-state index in [1.54, 1.807) is 6.92 Å². The Hall–Kier alpha value is -0.522. The van der Waals surface area contributed by atoms with Gasteiger partial charge in [0, 0.05) is 24.3 Å². The molecule has 0 amide bonds. The average Bonchev–Trinajstić information content (AvgIpc) is 2.36. The van der Waals surface area contributed by atoms with Gasteiger partial charge in [0.1, 0.15) is 5.78 Å². The van der Waals surface area contributed by atoms with Crippen LogP contribution < -0.4 is 0 Å². The quantitative estimate of drug-likeness (QED) is 0.228. The van der Waals surface area contributed by atoms with Crippen molar-refractivity contribution in [1.29, 1.82) is 0 Å². The van der Waals surface area contributed by atoms with Gasteiger partial charge in [-0.3, -0.25) is 4.79 Å². The fourth-order valence-electron chi connectivity index (χ4n) is 3.68. The third-order valence-electron chi connectivity index (χ3n) is 3.97. The summed E-state index contributed by atoms with van der Waals surface area (Å²) < 4.78 is 4.84. The van der Waals surface area contributed by atoms with Crippen LogP contribution in [0.3, 0.4) is 0 Å². The molecule has 0 heterocycles. The van der Waals surface area contributed by atoms with Crippen LogP contribution in [0.2, 0.25) is 78.6 Å². The van der Waals surface area contributed by atoms with E-state index in [1.165, 1.54) is 0 Å². The van der Waals surface area contributed by atoms with E-state index in [0.29, 0.717) is 12.8 Å². The maximum atomic E-state index is 11.9. The zero-order chi connectivity index (χ0) is 22.7. The highest BCUT2D eigenvalue weighted by atomic mass is 28.4. The Morgan fingerprint density at radius 3 is 1.21 bits per heavy atom. The lowest BCUT2D eigenvalue weighted by atomic mass is 10.1. The molecular weight excluding hydrogens is 413 g/mol. The highest BCUT2D eigenvalue weighted by Gasteiger charge is 2.35. The first kappa shape index (κ1) is 27.5. The monoisotopic (exact) mass is 458 g/mol. The van der Waals surface area contributed by atoms with Crippen molar-refractivity contribution in [3.8, 4) is 0 Å². The van der Waals surface area contributed by atoms with Gasteiger partial charge in [0.2, 0.25) is 0 Å². The predicted octanol–water partition coefficient (Wildman–Crippen LogP) is 6.03. The normalized spacial score (nSPS) is 14.9. The van der Waals surface area contributed by atoms with Crippen LogP contribution in [0.25, 0.3) is 0 Å². The van der Waals surface area contributed by atoms with Crippen molar-refractivity contribution in [3.63, 3.8) is 0 Å². The molecule has 28 heavy (non-hydrogen) atoms. The molecule has 0 saturated carbocycles. The van der Waals surface area contributed by atoms with Crippen molar-refractivity contribution in [3.05, 3.63) is 0 Å². The largest absolute Gasteiger partial charge is 0.350 e. The zero-order valence-electron chi connectivity index (χ0n) is 21.1. The molecule has 0 unspecified atom stereocenters. The van der Waals surface area contributed by atoms with E-state index >= 15 is 0 Å². The Kier molecular flexibility index (Phi) is 9.35. The smallest absolute Gasteiger partial charge is 0.158 e. The molecule has 0 fully saturated rings. The molecule has 0 spiro atoms. The summed E-state index contributed by atoms with van der Waals surface area (Å²) in [5.74, 6) is 0.171. The molecular formula is C19H46N4OSi4. The van der Waals surface area contributed by atoms with Crippen LogP contribution in [0.4, 0.5) is 0 Å². The van der Waals surface area contributed by atoms with Crippen molar-refractivity contribution in [2.45, 2.75) is 105 Å². The lowest BCUT2D eigenvalue weighted by Gasteiger charge is -2.42. The van der Waals surface area contributed by atoms with E-state index < -0.39 is 32.9 Å². The molecule has 0 saturated heterocycles. The third kappa shape index (κ3) is 9.79. The second kappa shape index (κ2) is 9.53. The number of hydrogen-bond acceptors (Lipinski definition) is 5. The van der Waals surface area contributed by atoms with Gasteiger partial charge in [0.05, 0.1) is 0 Å². The van der Waals surface area contributed by atoms with Gasteiger partial charge in [0.25, 0.3) is 0 Å². The molecule has 0 bridgehead atoms. The van der Waals surface area contributed by atoms with Crippen molar-refractivity contribution < 1.29 is 4.79 Å². The van der Waals surface area contributed by atoms with Crippen LogP contribution in [0.15, 0.2) is 10.2 Å². The van der Waals surface area contributed by atoms with Crippen LogP contribution in [0.5, 0.6) is 0 Å². The van der Waals surface area contributed by atoms with Crippen LogP contribution in [0.1, 0.15) is 26.7 Å². The minimum atomic E-state index is -1.62. The molecule has 0 N–H and O–H groups in total. The van der Waals surface area contributed by atoms with E-state index in [-0.39, 0.29) is 5.78 Å². The fourth-order valence-corrected chi connectivity index (χ4v) is 21.6. The highest BCUT2D eigenvalue weighted by molar-refractivity contribution is 6.90. The van der Waals surface area contributed by atoms with Crippen molar-refractivity contribution >= 4 is 50.1 Å². The Morgan fingerprint density at radius 2 is 0.929 bits per heavy atom. The molecule has 0 aliphatic carbocycles. The summed E-state index contributed by atoms with van der Waals surface area (Å²) in [6.45, 7) is 31.9. The topological polar surface area (TPSA) is 48.3 Å². The third-order valence-corrected chi connectivity index (χ3v) is 17.5. The van der Waals surface area contributed by atoms with Crippen molar-refractivity contribution in [2.75, 3.05) is 0 Å². The number of hydrogen-bond donors (Lipinski definition) is 0. The summed E-state index contributed by atoms with van der Waals surface area (Å²) in [5, 5.41) is 10.2. The highest BCUT2D eigenvalue weighted by Crippen LogP contribution is 2.23. The van der Waals surface area contributed by atoms with Gasteiger partial charge in [0.15, 0.2) is 32.9 Å².